The second-order valence-corrected chi connectivity index (χ2v) is 7.80. The molecule has 0 saturated carbocycles. The molecular formula is C20H28N4O4. The van der Waals surface area contributed by atoms with Crippen LogP contribution >= 0.6 is 0 Å². The van der Waals surface area contributed by atoms with E-state index in [0.29, 0.717) is 72.4 Å². The van der Waals surface area contributed by atoms with Gasteiger partial charge in [0.1, 0.15) is 5.82 Å². The molecule has 0 bridgehead atoms. The van der Waals surface area contributed by atoms with Crippen LogP contribution in [-0.4, -0.2) is 48.4 Å². The molecule has 1 aliphatic rings. The molecular weight excluding hydrogens is 360 g/mol. The van der Waals surface area contributed by atoms with Gasteiger partial charge in [-0.25, -0.2) is 4.98 Å². The summed E-state index contributed by atoms with van der Waals surface area (Å²) in [4.78, 5) is 23.0. The average Bonchev–Trinajstić information content (AvgIpc) is 2.66. The number of nitrogen functional groups attached to an aromatic ring is 1. The van der Waals surface area contributed by atoms with Crippen LogP contribution in [0, 0.1) is 11.3 Å². The van der Waals surface area contributed by atoms with E-state index >= 15 is 0 Å². The zero-order valence-corrected chi connectivity index (χ0v) is 16.9. The topological polar surface area (TPSA) is 111 Å². The van der Waals surface area contributed by atoms with Gasteiger partial charge < -0.3 is 25.2 Å². The average molecular weight is 388 g/mol. The summed E-state index contributed by atoms with van der Waals surface area (Å²) >= 11 is 0. The van der Waals surface area contributed by atoms with E-state index in [1.165, 1.54) is 0 Å². The first-order valence-electron chi connectivity index (χ1n) is 9.47. The van der Waals surface area contributed by atoms with E-state index < -0.39 is 11.4 Å². The van der Waals surface area contributed by atoms with Gasteiger partial charge in [0.2, 0.25) is 5.95 Å². The highest BCUT2D eigenvalue weighted by molar-refractivity contribution is 5.91. The molecule has 1 aromatic carbocycles. The predicted octanol–water partition coefficient (Wildman–Crippen LogP) is 2.95. The quantitative estimate of drug-likeness (QED) is 0.777. The van der Waals surface area contributed by atoms with Crippen LogP contribution in [0.15, 0.2) is 12.1 Å². The smallest absolute Gasteiger partial charge is 0.309 e. The lowest BCUT2D eigenvalue weighted by atomic mass is 9.73. The largest absolute Gasteiger partial charge is 0.493 e. The predicted molar refractivity (Wildman–Crippen MR) is 108 cm³/mol. The van der Waals surface area contributed by atoms with E-state index in [2.05, 4.69) is 23.8 Å². The van der Waals surface area contributed by atoms with Crippen LogP contribution in [0.5, 0.6) is 11.5 Å². The first-order valence-corrected chi connectivity index (χ1v) is 9.47. The van der Waals surface area contributed by atoms with Crippen LogP contribution < -0.4 is 20.1 Å². The molecule has 0 atom stereocenters. The fourth-order valence-corrected chi connectivity index (χ4v) is 4.03. The Hall–Kier alpha value is -2.77. The summed E-state index contributed by atoms with van der Waals surface area (Å²) in [5, 5.41) is 10.5. The number of hydrogen-bond acceptors (Lipinski definition) is 7. The molecule has 2 heterocycles. The Morgan fingerprint density at radius 1 is 1.21 bits per heavy atom. The number of hydrogen-bond donors (Lipinski definition) is 2. The number of piperidine rings is 1. The Morgan fingerprint density at radius 3 is 2.36 bits per heavy atom. The van der Waals surface area contributed by atoms with E-state index in [4.69, 9.17) is 15.2 Å². The normalized spacial score (nSPS) is 16.4. The summed E-state index contributed by atoms with van der Waals surface area (Å²) in [7, 11) is 3.13. The van der Waals surface area contributed by atoms with E-state index in [9.17, 15) is 9.90 Å². The van der Waals surface area contributed by atoms with Crippen LogP contribution in [0.3, 0.4) is 0 Å². The molecule has 3 N–H and O–H groups in total. The maximum Gasteiger partial charge on any atom is 0.309 e. The van der Waals surface area contributed by atoms with Gasteiger partial charge >= 0.3 is 5.97 Å². The highest BCUT2D eigenvalue weighted by atomic mass is 16.5. The summed E-state index contributed by atoms with van der Waals surface area (Å²) < 4.78 is 10.7. The number of rotatable bonds is 6. The highest BCUT2D eigenvalue weighted by Crippen LogP contribution is 2.39. The second kappa shape index (κ2) is 7.69. The molecule has 1 fully saturated rings. The van der Waals surface area contributed by atoms with Gasteiger partial charge in [-0.15, -0.1) is 0 Å². The van der Waals surface area contributed by atoms with Crippen molar-refractivity contribution in [2.24, 2.45) is 11.3 Å². The molecule has 0 spiro atoms. The molecule has 1 aliphatic heterocycles. The molecule has 3 rings (SSSR count). The van der Waals surface area contributed by atoms with Crippen molar-refractivity contribution < 1.29 is 19.4 Å². The van der Waals surface area contributed by atoms with Crippen molar-refractivity contribution in [2.45, 2.75) is 33.1 Å². The summed E-state index contributed by atoms with van der Waals surface area (Å²) in [6.07, 6.45) is 1.80. The van der Waals surface area contributed by atoms with Crippen LogP contribution in [-0.2, 0) is 4.79 Å². The molecule has 2 aromatic rings. The number of benzene rings is 1. The Labute approximate surface area is 164 Å². The van der Waals surface area contributed by atoms with Crippen LogP contribution in [0.2, 0.25) is 0 Å². The first-order chi connectivity index (χ1) is 13.3. The standard InChI is InChI=1S/C20H28N4O4/c1-12(2)11-20(18(25)26)5-7-24(8-6-20)19-22-14-10-16(28-4)15(27-3)9-13(14)17(21)23-19/h9-10,12H,5-8,11H2,1-4H3,(H,25,26)(H2,21,22,23). The van der Waals surface area contributed by atoms with E-state index in [0.717, 1.165) is 0 Å². The summed E-state index contributed by atoms with van der Waals surface area (Å²) in [5.74, 6) is 1.63. The molecule has 8 heteroatoms. The maximum atomic E-state index is 11.9. The fraction of sp³-hybridized carbons (Fsp3) is 0.550. The van der Waals surface area contributed by atoms with E-state index in [1.807, 2.05) is 4.90 Å². The molecule has 28 heavy (non-hydrogen) atoms. The highest BCUT2D eigenvalue weighted by Gasteiger charge is 2.42. The van der Waals surface area contributed by atoms with Gasteiger partial charge in [-0.05, 0) is 31.2 Å². The van der Waals surface area contributed by atoms with Crippen molar-refractivity contribution in [1.82, 2.24) is 9.97 Å². The SMILES string of the molecule is COc1cc2nc(N3CCC(CC(C)C)(C(=O)O)CC3)nc(N)c2cc1OC. The van der Waals surface area contributed by atoms with Crippen molar-refractivity contribution in [3.8, 4) is 11.5 Å². The third-order valence-electron chi connectivity index (χ3n) is 5.47. The van der Waals surface area contributed by atoms with Gasteiger partial charge in [0.15, 0.2) is 11.5 Å². The van der Waals surface area contributed by atoms with Gasteiger partial charge in [0.05, 0.1) is 25.2 Å². The van der Waals surface area contributed by atoms with Gasteiger partial charge in [0, 0.05) is 24.5 Å². The lowest BCUT2D eigenvalue weighted by Gasteiger charge is -2.39. The van der Waals surface area contributed by atoms with Crippen molar-refractivity contribution >= 4 is 28.6 Å². The number of carboxylic acid groups (broad SMARTS) is 1. The Kier molecular flexibility index (Phi) is 5.49. The van der Waals surface area contributed by atoms with Crippen molar-refractivity contribution in [3.05, 3.63) is 12.1 Å². The monoisotopic (exact) mass is 388 g/mol. The number of ether oxygens (including phenoxy) is 2. The van der Waals surface area contributed by atoms with Crippen LogP contribution in [0.25, 0.3) is 10.9 Å². The molecule has 0 unspecified atom stereocenters. The zero-order valence-electron chi connectivity index (χ0n) is 16.9. The molecule has 0 aliphatic carbocycles. The number of aromatic nitrogens is 2. The number of fused-ring (bicyclic) bond motifs is 1. The van der Waals surface area contributed by atoms with E-state index in [1.54, 1.807) is 26.4 Å². The minimum atomic E-state index is -0.711. The number of carbonyl (C=O) groups is 1. The summed E-state index contributed by atoms with van der Waals surface area (Å²) in [6.45, 7) is 5.28. The van der Waals surface area contributed by atoms with Crippen molar-refractivity contribution in [2.75, 3.05) is 37.9 Å². The Morgan fingerprint density at radius 2 is 1.82 bits per heavy atom. The van der Waals surface area contributed by atoms with E-state index in [-0.39, 0.29) is 0 Å². The van der Waals surface area contributed by atoms with Crippen molar-refractivity contribution in [1.29, 1.82) is 0 Å². The minimum Gasteiger partial charge on any atom is -0.493 e. The Balaban J connectivity index is 1.90. The molecule has 1 aromatic heterocycles. The van der Waals surface area contributed by atoms with Crippen molar-refractivity contribution in [3.63, 3.8) is 0 Å². The minimum absolute atomic E-state index is 0.331. The maximum absolute atomic E-state index is 11.9. The Bertz CT molecular complexity index is 876. The van der Waals surface area contributed by atoms with Gasteiger partial charge in [-0.2, -0.15) is 4.98 Å². The molecule has 1 saturated heterocycles. The number of carboxylic acids is 1. The third-order valence-corrected chi connectivity index (χ3v) is 5.47. The van der Waals surface area contributed by atoms with Gasteiger partial charge in [-0.3, -0.25) is 4.79 Å². The fourth-order valence-electron chi connectivity index (χ4n) is 4.03. The lowest BCUT2D eigenvalue weighted by Crippen LogP contribution is -2.45. The third kappa shape index (κ3) is 3.63. The lowest BCUT2D eigenvalue weighted by molar-refractivity contribution is -0.151. The number of nitrogens with zero attached hydrogens (tertiary/aromatic N) is 3. The number of aliphatic carboxylic acids is 1. The molecule has 0 radical (unpaired) electrons. The number of methoxy groups -OCH3 is 2. The molecule has 8 nitrogen and oxygen atoms in total. The van der Waals surface area contributed by atoms with Gasteiger partial charge in [-0.1, -0.05) is 13.8 Å². The van der Waals surface area contributed by atoms with Gasteiger partial charge in [0.25, 0.3) is 0 Å². The number of nitrogens with two attached hydrogens (primary N) is 1. The summed E-state index contributed by atoms with van der Waals surface area (Å²) in [6, 6.07) is 3.54. The second-order valence-electron chi connectivity index (χ2n) is 7.80. The summed E-state index contributed by atoms with van der Waals surface area (Å²) in [5.41, 5.74) is 6.17. The molecule has 152 valence electrons. The first kappa shape index (κ1) is 20.0. The number of anilines is 2. The van der Waals surface area contributed by atoms with Crippen LogP contribution in [0.4, 0.5) is 11.8 Å². The van der Waals surface area contributed by atoms with Crippen LogP contribution in [0.1, 0.15) is 33.1 Å². The molecule has 0 amide bonds. The zero-order chi connectivity index (χ0) is 20.5.